The Hall–Kier alpha value is -1.17. The van der Waals surface area contributed by atoms with Crippen LogP contribution < -0.4 is 10.6 Å². The van der Waals surface area contributed by atoms with Crippen molar-refractivity contribution in [1.82, 2.24) is 15.5 Å². The molecule has 0 saturated heterocycles. The Labute approximate surface area is 130 Å². The van der Waals surface area contributed by atoms with Crippen LogP contribution in [0.5, 0.6) is 0 Å². The smallest absolute Gasteiger partial charge is 0.282 e. The molecule has 118 valence electrons. The number of rotatable bonds is 6. The SMILES string of the molecule is CCCNc1nnc(C(=O)NC2CCCCC2C(C)C)s1. The summed E-state index contributed by atoms with van der Waals surface area (Å²) >= 11 is 1.33. The number of nitrogens with zero attached hydrogens (tertiary/aromatic N) is 2. The molecule has 21 heavy (non-hydrogen) atoms. The topological polar surface area (TPSA) is 66.9 Å². The van der Waals surface area contributed by atoms with E-state index in [-0.39, 0.29) is 11.9 Å². The van der Waals surface area contributed by atoms with Crippen molar-refractivity contribution in [3.05, 3.63) is 5.01 Å². The van der Waals surface area contributed by atoms with E-state index in [4.69, 9.17) is 0 Å². The Morgan fingerprint density at radius 3 is 2.81 bits per heavy atom. The predicted octanol–water partition coefficient (Wildman–Crippen LogP) is 3.30. The van der Waals surface area contributed by atoms with Crippen molar-refractivity contribution in [2.45, 2.75) is 58.9 Å². The highest BCUT2D eigenvalue weighted by Crippen LogP contribution is 2.30. The molecule has 0 spiro atoms. The van der Waals surface area contributed by atoms with Crippen LogP contribution in [0, 0.1) is 11.8 Å². The van der Waals surface area contributed by atoms with Crippen LogP contribution in [0.1, 0.15) is 62.7 Å². The van der Waals surface area contributed by atoms with Crippen LogP contribution in [0.3, 0.4) is 0 Å². The second kappa shape index (κ2) is 7.73. The highest BCUT2D eigenvalue weighted by atomic mass is 32.1. The van der Waals surface area contributed by atoms with E-state index in [2.05, 4.69) is 41.6 Å². The van der Waals surface area contributed by atoms with Crippen molar-refractivity contribution >= 4 is 22.4 Å². The summed E-state index contributed by atoms with van der Waals surface area (Å²) < 4.78 is 0. The van der Waals surface area contributed by atoms with E-state index in [0.717, 1.165) is 24.5 Å². The van der Waals surface area contributed by atoms with Gasteiger partial charge in [0.15, 0.2) is 0 Å². The van der Waals surface area contributed by atoms with E-state index in [0.29, 0.717) is 16.8 Å². The zero-order chi connectivity index (χ0) is 15.2. The fourth-order valence-electron chi connectivity index (χ4n) is 2.99. The minimum Gasteiger partial charge on any atom is -0.360 e. The Balaban J connectivity index is 1.94. The summed E-state index contributed by atoms with van der Waals surface area (Å²) in [5.41, 5.74) is 0. The first-order valence-electron chi connectivity index (χ1n) is 8.00. The third-order valence-corrected chi connectivity index (χ3v) is 5.02. The molecule has 1 heterocycles. The average molecular weight is 310 g/mol. The zero-order valence-electron chi connectivity index (χ0n) is 13.2. The largest absolute Gasteiger partial charge is 0.360 e. The third kappa shape index (κ3) is 4.40. The van der Waals surface area contributed by atoms with Crippen molar-refractivity contribution in [1.29, 1.82) is 0 Å². The molecule has 1 aromatic rings. The van der Waals surface area contributed by atoms with Gasteiger partial charge in [0, 0.05) is 12.6 Å². The van der Waals surface area contributed by atoms with Gasteiger partial charge in [-0.05, 0) is 31.1 Å². The number of hydrogen-bond donors (Lipinski definition) is 2. The minimum atomic E-state index is -0.0744. The van der Waals surface area contributed by atoms with E-state index in [1.165, 1.54) is 30.6 Å². The van der Waals surface area contributed by atoms with Crippen LogP contribution in [-0.4, -0.2) is 28.7 Å². The van der Waals surface area contributed by atoms with Crippen LogP contribution in [0.2, 0.25) is 0 Å². The molecule has 1 aliphatic carbocycles. The first-order chi connectivity index (χ1) is 10.1. The molecule has 2 unspecified atom stereocenters. The summed E-state index contributed by atoms with van der Waals surface area (Å²) in [6, 6.07) is 0.280. The molecule has 0 radical (unpaired) electrons. The Morgan fingerprint density at radius 2 is 2.10 bits per heavy atom. The lowest BCUT2D eigenvalue weighted by molar-refractivity contribution is 0.0888. The number of anilines is 1. The van der Waals surface area contributed by atoms with Gasteiger partial charge in [-0.15, -0.1) is 10.2 Å². The lowest BCUT2D eigenvalue weighted by atomic mass is 9.78. The standard InChI is InChI=1S/C15H26N4OS/c1-4-9-16-15-19-18-14(21-15)13(20)17-12-8-6-5-7-11(12)10(2)3/h10-12H,4-9H2,1-3H3,(H,16,19)(H,17,20). The summed E-state index contributed by atoms with van der Waals surface area (Å²) in [5.74, 6) is 1.11. The molecule has 1 aromatic heterocycles. The Bertz CT molecular complexity index is 460. The van der Waals surface area contributed by atoms with Crippen LogP contribution >= 0.6 is 11.3 Å². The molecule has 2 N–H and O–H groups in total. The fourth-order valence-corrected chi connectivity index (χ4v) is 3.66. The number of hydrogen-bond acceptors (Lipinski definition) is 5. The molecule has 6 heteroatoms. The second-order valence-corrected chi connectivity index (χ2v) is 7.09. The molecular weight excluding hydrogens is 284 g/mol. The number of aromatic nitrogens is 2. The van der Waals surface area contributed by atoms with Crippen LogP contribution in [0.25, 0.3) is 0 Å². The van der Waals surface area contributed by atoms with Crippen molar-refractivity contribution in [3.63, 3.8) is 0 Å². The molecule has 0 aliphatic heterocycles. The number of carbonyl (C=O) groups excluding carboxylic acids is 1. The normalized spacial score (nSPS) is 22.3. The molecule has 2 rings (SSSR count). The molecule has 5 nitrogen and oxygen atoms in total. The summed E-state index contributed by atoms with van der Waals surface area (Å²) in [7, 11) is 0. The summed E-state index contributed by atoms with van der Waals surface area (Å²) in [6.45, 7) is 7.44. The monoisotopic (exact) mass is 310 g/mol. The first-order valence-corrected chi connectivity index (χ1v) is 8.81. The highest BCUT2D eigenvalue weighted by Gasteiger charge is 2.29. The minimum absolute atomic E-state index is 0.0744. The molecule has 2 atom stereocenters. The van der Waals surface area contributed by atoms with E-state index >= 15 is 0 Å². The van der Waals surface area contributed by atoms with Gasteiger partial charge in [-0.1, -0.05) is 44.9 Å². The van der Waals surface area contributed by atoms with Crippen molar-refractivity contribution in [3.8, 4) is 0 Å². The lowest BCUT2D eigenvalue weighted by Gasteiger charge is -2.34. The van der Waals surface area contributed by atoms with Gasteiger partial charge in [-0.25, -0.2) is 0 Å². The van der Waals surface area contributed by atoms with Gasteiger partial charge in [0.25, 0.3) is 5.91 Å². The van der Waals surface area contributed by atoms with Gasteiger partial charge in [0.05, 0.1) is 0 Å². The van der Waals surface area contributed by atoms with Crippen LogP contribution in [0.15, 0.2) is 0 Å². The maximum absolute atomic E-state index is 12.3. The molecular formula is C15H26N4OS. The average Bonchev–Trinajstić information content (AvgIpc) is 2.94. The van der Waals surface area contributed by atoms with E-state index in [9.17, 15) is 4.79 Å². The third-order valence-electron chi connectivity index (χ3n) is 4.14. The Kier molecular flexibility index (Phi) is 5.96. The zero-order valence-corrected chi connectivity index (χ0v) is 14.0. The summed E-state index contributed by atoms with van der Waals surface area (Å²) in [5, 5.41) is 15.5. The van der Waals surface area contributed by atoms with Crippen molar-refractivity contribution in [2.75, 3.05) is 11.9 Å². The molecule has 1 fully saturated rings. The quantitative estimate of drug-likeness (QED) is 0.846. The number of nitrogens with one attached hydrogen (secondary N) is 2. The van der Waals surface area contributed by atoms with Crippen LogP contribution in [-0.2, 0) is 0 Å². The van der Waals surface area contributed by atoms with E-state index in [1.54, 1.807) is 0 Å². The number of amides is 1. The molecule has 1 amide bonds. The first kappa shape index (κ1) is 16.2. The van der Waals surface area contributed by atoms with Gasteiger partial charge < -0.3 is 10.6 Å². The molecule has 1 saturated carbocycles. The van der Waals surface area contributed by atoms with E-state index in [1.807, 2.05) is 0 Å². The Morgan fingerprint density at radius 1 is 1.33 bits per heavy atom. The van der Waals surface area contributed by atoms with Gasteiger partial charge in [0.2, 0.25) is 10.1 Å². The lowest BCUT2D eigenvalue weighted by Crippen LogP contribution is -2.43. The molecule has 1 aliphatic rings. The maximum atomic E-state index is 12.3. The highest BCUT2D eigenvalue weighted by molar-refractivity contribution is 7.17. The second-order valence-electron chi connectivity index (χ2n) is 6.11. The van der Waals surface area contributed by atoms with Gasteiger partial charge in [-0.2, -0.15) is 0 Å². The van der Waals surface area contributed by atoms with Crippen molar-refractivity contribution < 1.29 is 4.79 Å². The summed E-state index contributed by atoms with van der Waals surface area (Å²) in [6.07, 6.45) is 5.79. The van der Waals surface area contributed by atoms with Gasteiger partial charge in [-0.3, -0.25) is 4.79 Å². The van der Waals surface area contributed by atoms with Gasteiger partial charge >= 0.3 is 0 Å². The van der Waals surface area contributed by atoms with Crippen molar-refractivity contribution in [2.24, 2.45) is 11.8 Å². The molecule has 0 bridgehead atoms. The van der Waals surface area contributed by atoms with Crippen LogP contribution in [0.4, 0.5) is 5.13 Å². The molecule has 0 aromatic carbocycles. The predicted molar refractivity (Wildman–Crippen MR) is 86.7 cm³/mol. The number of carbonyl (C=O) groups is 1. The van der Waals surface area contributed by atoms with E-state index < -0.39 is 0 Å². The maximum Gasteiger partial charge on any atom is 0.282 e. The summed E-state index contributed by atoms with van der Waals surface area (Å²) in [4.78, 5) is 12.3. The fraction of sp³-hybridized carbons (Fsp3) is 0.800. The van der Waals surface area contributed by atoms with Gasteiger partial charge in [0.1, 0.15) is 0 Å².